The molecule has 0 amide bonds. The maximum Gasteiger partial charge on any atom is 0.223 e. The number of aliphatic hydroxyl groups is 1. The molecule has 1 aliphatic carbocycles. The van der Waals surface area contributed by atoms with Crippen molar-refractivity contribution in [3.63, 3.8) is 0 Å². The molecule has 1 saturated carbocycles. The summed E-state index contributed by atoms with van der Waals surface area (Å²) in [6, 6.07) is 7.50. The summed E-state index contributed by atoms with van der Waals surface area (Å²) in [4.78, 5) is 4.48. The van der Waals surface area contributed by atoms with Crippen molar-refractivity contribution in [1.82, 2.24) is 15.5 Å². The Hall–Kier alpha value is -2.66. The van der Waals surface area contributed by atoms with Gasteiger partial charge in [-0.3, -0.25) is 0 Å². The van der Waals surface area contributed by atoms with E-state index < -0.39 is 0 Å². The number of aryl methyl sites for hydroxylation is 1. The van der Waals surface area contributed by atoms with E-state index in [2.05, 4.69) is 48.9 Å². The van der Waals surface area contributed by atoms with E-state index >= 15 is 0 Å². The van der Waals surface area contributed by atoms with Crippen LogP contribution in [-0.2, 0) is 19.6 Å². The number of hydrazine groups is 1. The molecule has 0 saturated heterocycles. The molecule has 6 N–H and O–H groups in total. The SMILES string of the molecule is CCc1cnc(Oc2ccc(N(N)CC3CC3)c(N)c2Br)c(CNC)c1.OCc1ccon1. The molecular formula is C23H31BrN6O3. The molecule has 1 aromatic carbocycles. The number of anilines is 2. The average molecular weight is 519 g/mol. The van der Waals surface area contributed by atoms with Gasteiger partial charge in [-0.2, -0.15) is 0 Å². The van der Waals surface area contributed by atoms with E-state index in [4.69, 9.17) is 21.4 Å². The normalized spacial score (nSPS) is 12.8. The van der Waals surface area contributed by atoms with Crippen LogP contribution in [-0.4, -0.2) is 28.8 Å². The number of nitrogens with zero attached hydrogens (tertiary/aromatic N) is 3. The molecule has 0 bridgehead atoms. The lowest BCUT2D eigenvalue weighted by Crippen LogP contribution is -2.33. The number of nitrogens with two attached hydrogens (primary N) is 2. The third kappa shape index (κ3) is 6.91. The van der Waals surface area contributed by atoms with Gasteiger partial charge in [0.05, 0.1) is 22.5 Å². The summed E-state index contributed by atoms with van der Waals surface area (Å²) < 4.78 is 11.2. The largest absolute Gasteiger partial charge is 0.437 e. The molecule has 1 fully saturated rings. The van der Waals surface area contributed by atoms with Crippen molar-refractivity contribution in [3.8, 4) is 11.6 Å². The first-order valence-electron chi connectivity index (χ1n) is 10.9. The Balaban J connectivity index is 0.000000374. The predicted octanol–water partition coefficient (Wildman–Crippen LogP) is 3.76. The first kappa shape index (κ1) is 25.0. The average Bonchev–Trinajstić information content (AvgIpc) is 3.47. The van der Waals surface area contributed by atoms with Gasteiger partial charge in [-0.05, 0) is 71.9 Å². The fraction of sp³-hybridized carbons (Fsp3) is 0.391. The highest BCUT2D eigenvalue weighted by Crippen LogP contribution is 2.40. The second kappa shape index (κ2) is 12.0. The number of pyridine rings is 1. The molecule has 0 spiro atoms. The van der Waals surface area contributed by atoms with Crippen LogP contribution in [0.25, 0.3) is 0 Å². The maximum atomic E-state index is 8.30. The molecule has 1 aliphatic rings. The number of aliphatic hydroxyl groups excluding tert-OH is 1. The van der Waals surface area contributed by atoms with Crippen LogP contribution in [0.5, 0.6) is 11.6 Å². The Morgan fingerprint density at radius 1 is 1.33 bits per heavy atom. The number of nitrogen functional groups attached to an aromatic ring is 1. The number of rotatable bonds is 9. The van der Waals surface area contributed by atoms with E-state index in [-0.39, 0.29) is 6.61 Å². The van der Waals surface area contributed by atoms with E-state index in [1.165, 1.54) is 24.7 Å². The molecule has 0 unspecified atom stereocenters. The highest BCUT2D eigenvalue weighted by atomic mass is 79.9. The zero-order valence-corrected chi connectivity index (χ0v) is 20.5. The summed E-state index contributed by atoms with van der Waals surface area (Å²) in [5, 5.41) is 16.6. The molecule has 178 valence electrons. The minimum absolute atomic E-state index is 0.0451. The zero-order valence-electron chi connectivity index (χ0n) is 18.9. The van der Waals surface area contributed by atoms with Crippen molar-refractivity contribution in [2.75, 3.05) is 24.3 Å². The fourth-order valence-corrected chi connectivity index (χ4v) is 3.56. The minimum Gasteiger partial charge on any atom is -0.437 e. The highest BCUT2D eigenvalue weighted by Gasteiger charge is 2.25. The smallest absolute Gasteiger partial charge is 0.223 e. The number of nitrogens with one attached hydrogen (secondary N) is 1. The van der Waals surface area contributed by atoms with Crippen molar-refractivity contribution >= 4 is 27.3 Å². The first-order valence-corrected chi connectivity index (χ1v) is 11.7. The van der Waals surface area contributed by atoms with Crippen molar-refractivity contribution < 1.29 is 14.4 Å². The lowest BCUT2D eigenvalue weighted by Gasteiger charge is -2.22. The molecule has 3 aromatic rings. The third-order valence-electron chi connectivity index (χ3n) is 5.20. The Labute approximate surface area is 202 Å². The van der Waals surface area contributed by atoms with Gasteiger partial charge in [0, 0.05) is 30.9 Å². The minimum atomic E-state index is -0.0451. The Morgan fingerprint density at radius 2 is 2.12 bits per heavy atom. The van der Waals surface area contributed by atoms with Gasteiger partial charge in [-0.1, -0.05) is 12.1 Å². The molecule has 9 nitrogen and oxygen atoms in total. The van der Waals surface area contributed by atoms with Crippen molar-refractivity contribution in [3.05, 3.63) is 58.0 Å². The van der Waals surface area contributed by atoms with Crippen LogP contribution >= 0.6 is 15.9 Å². The Morgan fingerprint density at radius 3 is 2.70 bits per heavy atom. The van der Waals surface area contributed by atoms with E-state index in [9.17, 15) is 0 Å². The van der Waals surface area contributed by atoms with E-state index in [1.54, 1.807) is 11.1 Å². The van der Waals surface area contributed by atoms with Crippen molar-refractivity contribution in [1.29, 1.82) is 0 Å². The monoisotopic (exact) mass is 518 g/mol. The number of benzene rings is 1. The van der Waals surface area contributed by atoms with Gasteiger partial charge in [-0.15, -0.1) is 0 Å². The van der Waals surface area contributed by atoms with Crippen LogP contribution in [0.4, 0.5) is 11.4 Å². The highest BCUT2D eigenvalue weighted by molar-refractivity contribution is 9.10. The van der Waals surface area contributed by atoms with Crippen LogP contribution in [0.1, 0.15) is 36.6 Å². The quantitative estimate of drug-likeness (QED) is 0.189. The first-order chi connectivity index (χ1) is 16.0. The van der Waals surface area contributed by atoms with Gasteiger partial charge < -0.3 is 30.4 Å². The summed E-state index contributed by atoms with van der Waals surface area (Å²) >= 11 is 3.55. The van der Waals surface area contributed by atoms with Gasteiger partial charge >= 0.3 is 0 Å². The molecule has 2 aromatic heterocycles. The molecule has 0 aliphatic heterocycles. The molecule has 2 heterocycles. The van der Waals surface area contributed by atoms with Crippen molar-refractivity contribution in [2.45, 2.75) is 39.3 Å². The van der Waals surface area contributed by atoms with Crippen molar-refractivity contribution in [2.24, 2.45) is 11.8 Å². The standard InChI is InChI=1S/C19H26BrN5O.C4H5NO2/c1-3-12-8-14(10-23-2)19(24-9-12)26-16-7-6-15(18(21)17(16)20)25(22)11-13-4-5-13;6-3-4-1-2-7-5-4/h6-9,13,23H,3-5,10-11,21-22H2,1-2H3;1-2,6H,3H2. The van der Waals surface area contributed by atoms with E-state index in [1.807, 2.05) is 25.4 Å². The fourth-order valence-electron chi connectivity index (χ4n) is 3.14. The third-order valence-corrected chi connectivity index (χ3v) is 6.02. The summed E-state index contributed by atoms with van der Waals surface area (Å²) in [6.07, 6.45) is 6.68. The topological polar surface area (TPSA) is 136 Å². The van der Waals surface area contributed by atoms with Crippen LogP contribution in [0.15, 0.2) is 45.7 Å². The molecule has 4 rings (SSSR count). The second-order valence-corrected chi connectivity index (χ2v) is 8.64. The number of ether oxygens (including phenoxy) is 1. The van der Waals surface area contributed by atoms with E-state index in [0.29, 0.717) is 39.9 Å². The molecular weight excluding hydrogens is 488 g/mol. The number of halogens is 1. The van der Waals surface area contributed by atoms with E-state index in [0.717, 1.165) is 24.2 Å². The Bertz CT molecular complexity index is 1030. The van der Waals surface area contributed by atoms with Crippen LogP contribution in [0.3, 0.4) is 0 Å². The number of hydrogen-bond acceptors (Lipinski definition) is 9. The summed E-state index contributed by atoms with van der Waals surface area (Å²) in [7, 11) is 1.90. The van der Waals surface area contributed by atoms with Crippen LogP contribution in [0, 0.1) is 5.92 Å². The number of hydrogen-bond donors (Lipinski definition) is 4. The second-order valence-electron chi connectivity index (χ2n) is 7.85. The van der Waals surface area contributed by atoms with Gasteiger partial charge in [0.1, 0.15) is 17.7 Å². The van der Waals surface area contributed by atoms with Crippen LogP contribution in [0.2, 0.25) is 0 Å². The van der Waals surface area contributed by atoms with Crippen LogP contribution < -0.4 is 26.6 Å². The molecule has 0 radical (unpaired) electrons. The Kier molecular flexibility index (Phi) is 9.07. The van der Waals surface area contributed by atoms with Gasteiger partial charge in [0.2, 0.25) is 5.88 Å². The predicted molar refractivity (Wildman–Crippen MR) is 132 cm³/mol. The molecule has 10 heteroatoms. The lowest BCUT2D eigenvalue weighted by atomic mass is 10.1. The maximum absolute atomic E-state index is 8.30. The van der Waals surface area contributed by atoms with Gasteiger partial charge in [0.25, 0.3) is 0 Å². The lowest BCUT2D eigenvalue weighted by molar-refractivity contribution is 0.266. The molecule has 0 atom stereocenters. The summed E-state index contributed by atoms with van der Waals surface area (Å²) in [6.45, 7) is 3.57. The van der Waals surface area contributed by atoms with Gasteiger partial charge in [0.15, 0.2) is 0 Å². The summed E-state index contributed by atoms with van der Waals surface area (Å²) in [5.74, 6) is 8.06. The number of aromatic nitrogens is 2. The summed E-state index contributed by atoms with van der Waals surface area (Å²) in [5.41, 5.74) is 10.4. The molecule has 33 heavy (non-hydrogen) atoms. The zero-order chi connectivity index (χ0) is 23.8. The van der Waals surface area contributed by atoms with Gasteiger partial charge in [-0.25, -0.2) is 10.8 Å².